The van der Waals surface area contributed by atoms with Crippen LogP contribution in [0, 0.1) is 20.8 Å². The highest BCUT2D eigenvalue weighted by Crippen LogP contribution is 2.25. The molecule has 0 amide bonds. The molecule has 0 spiro atoms. The van der Waals surface area contributed by atoms with Crippen LogP contribution in [0.5, 0.6) is 0 Å². The van der Waals surface area contributed by atoms with Gasteiger partial charge < -0.3 is 0 Å². The highest BCUT2D eigenvalue weighted by Gasteiger charge is 2.13. The molecule has 0 aliphatic rings. The average molecular weight is 299 g/mol. The molecule has 1 heterocycles. The first kappa shape index (κ1) is 14.2. The first-order chi connectivity index (χ1) is 10.1. The number of aromatic nitrogens is 2. The van der Waals surface area contributed by atoms with Crippen molar-refractivity contribution in [1.29, 1.82) is 0 Å². The van der Waals surface area contributed by atoms with Crippen LogP contribution in [-0.4, -0.2) is 15.4 Å². The Kier molecular flexibility index (Phi) is 3.73. The van der Waals surface area contributed by atoms with Crippen molar-refractivity contribution in [3.8, 4) is 5.69 Å². The zero-order chi connectivity index (χ0) is 15.0. The lowest BCUT2D eigenvalue weighted by Gasteiger charge is -2.12. The molecular formula is C18H19ClN2. The number of aryl methyl sites for hydroxylation is 4. The van der Waals surface area contributed by atoms with Crippen molar-refractivity contribution >= 4 is 22.6 Å². The van der Waals surface area contributed by atoms with E-state index in [1.165, 1.54) is 22.4 Å². The summed E-state index contributed by atoms with van der Waals surface area (Å²) < 4.78 is 2.25. The van der Waals surface area contributed by atoms with Crippen LogP contribution in [0.4, 0.5) is 0 Å². The van der Waals surface area contributed by atoms with Crippen LogP contribution >= 0.6 is 11.6 Å². The lowest BCUT2D eigenvalue weighted by atomic mass is 10.1. The van der Waals surface area contributed by atoms with Gasteiger partial charge in [-0.3, -0.25) is 4.57 Å². The van der Waals surface area contributed by atoms with Crippen LogP contribution in [0.25, 0.3) is 16.7 Å². The van der Waals surface area contributed by atoms with Gasteiger partial charge in [0, 0.05) is 12.3 Å². The molecule has 108 valence electrons. The van der Waals surface area contributed by atoms with Crippen molar-refractivity contribution in [3.05, 3.63) is 58.9 Å². The van der Waals surface area contributed by atoms with Gasteiger partial charge in [-0.05, 0) is 50.1 Å². The Hall–Kier alpha value is -1.80. The van der Waals surface area contributed by atoms with Crippen molar-refractivity contribution in [1.82, 2.24) is 9.55 Å². The molecular weight excluding hydrogens is 280 g/mol. The van der Waals surface area contributed by atoms with Crippen molar-refractivity contribution in [2.75, 3.05) is 5.88 Å². The monoisotopic (exact) mass is 298 g/mol. The molecule has 0 aliphatic heterocycles. The molecule has 3 heteroatoms. The smallest absolute Gasteiger partial charge is 0.115 e. The van der Waals surface area contributed by atoms with E-state index in [9.17, 15) is 0 Å². The largest absolute Gasteiger partial charge is 0.296 e. The van der Waals surface area contributed by atoms with Gasteiger partial charge in [0.25, 0.3) is 0 Å². The summed E-state index contributed by atoms with van der Waals surface area (Å²) in [5.41, 5.74) is 7.14. The fraction of sp³-hybridized carbons (Fsp3) is 0.278. The molecule has 3 rings (SSSR count). The minimum absolute atomic E-state index is 0.577. The molecule has 0 radical (unpaired) electrons. The summed E-state index contributed by atoms with van der Waals surface area (Å²) in [6.45, 7) is 6.38. The van der Waals surface area contributed by atoms with Gasteiger partial charge in [0.2, 0.25) is 0 Å². The topological polar surface area (TPSA) is 17.8 Å². The van der Waals surface area contributed by atoms with Gasteiger partial charge in [-0.15, -0.1) is 11.6 Å². The predicted molar refractivity (Wildman–Crippen MR) is 89.7 cm³/mol. The van der Waals surface area contributed by atoms with Gasteiger partial charge in [-0.1, -0.05) is 23.8 Å². The van der Waals surface area contributed by atoms with Gasteiger partial charge >= 0.3 is 0 Å². The van der Waals surface area contributed by atoms with E-state index < -0.39 is 0 Å². The van der Waals surface area contributed by atoms with Crippen LogP contribution in [0.2, 0.25) is 0 Å². The standard InChI is InChI=1S/C18H19ClN2/c1-12-5-7-16(14(3)10-12)21-17-11-13(2)4-6-15(17)20-18(21)8-9-19/h4-7,10-11H,8-9H2,1-3H3. The minimum atomic E-state index is 0.577. The summed E-state index contributed by atoms with van der Waals surface area (Å²) in [5.74, 6) is 1.60. The Labute approximate surface area is 130 Å². The number of benzene rings is 2. The summed E-state index contributed by atoms with van der Waals surface area (Å²) in [6, 6.07) is 12.9. The maximum Gasteiger partial charge on any atom is 0.115 e. The van der Waals surface area contributed by atoms with Crippen molar-refractivity contribution < 1.29 is 0 Å². The van der Waals surface area contributed by atoms with E-state index in [0.29, 0.717) is 5.88 Å². The number of fused-ring (bicyclic) bond motifs is 1. The van der Waals surface area contributed by atoms with Crippen molar-refractivity contribution in [2.24, 2.45) is 0 Å². The fourth-order valence-corrected chi connectivity index (χ4v) is 2.98. The second kappa shape index (κ2) is 5.53. The molecule has 0 saturated carbocycles. The Morgan fingerprint density at radius 2 is 1.71 bits per heavy atom. The zero-order valence-corrected chi connectivity index (χ0v) is 13.4. The Morgan fingerprint density at radius 1 is 1.00 bits per heavy atom. The highest BCUT2D eigenvalue weighted by molar-refractivity contribution is 6.17. The first-order valence-electron chi connectivity index (χ1n) is 7.21. The van der Waals surface area contributed by atoms with E-state index >= 15 is 0 Å². The lowest BCUT2D eigenvalue weighted by molar-refractivity contribution is 0.906. The first-order valence-corrected chi connectivity index (χ1v) is 7.75. The normalized spacial score (nSPS) is 11.2. The van der Waals surface area contributed by atoms with Crippen molar-refractivity contribution in [2.45, 2.75) is 27.2 Å². The van der Waals surface area contributed by atoms with E-state index in [4.69, 9.17) is 16.6 Å². The third-order valence-electron chi connectivity index (χ3n) is 3.79. The third-order valence-corrected chi connectivity index (χ3v) is 3.98. The third kappa shape index (κ3) is 2.56. The Bertz CT molecular complexity index is 802. The highest BCUT2D eigenvalue weighted by atomic mass is 35.5. The summed E-state index contributed by atoms with van der Waals surface area (Å²) in [5, 5.41) is 0. The predicted octanol–water partition coefficient (Wildman–Crippen LogP) is 4.73. The molecule has 21 heavy (non-hydrogen) atoms. The number of alkyl halides is 1. The summed E-state index contributed by atoms with van der Waals surface area (Å²) in [7, 11) is 0. The van der Waals surface area contributed by atoms with Crippen LogP contribution in [-0.2, 0) is 6.42 Å². The molecule has 0 bridgehead atoms. The van der Waals surface area contributed by atoms with Crippen LogP contribution in [0.1, 0.15) is 22.5 Å². The Balaban J connectivity index is 2.32. The van der Waals surface area contributed by atoms with E-state index in [0.717, 1.165) is 23.3 Å². The molecule has 0 fully saturated rings. The second-order valence-corrected chi connectivity index (χ2v) is 5.96. The number of rotatable bonds is 3. The zero-order valence-electron chi connectivity index (χ0n) is 12.7. The van der Waals surface area contributed by atoms with Gasteiger partial charge in [0.1, 0.15) is 5.82 Å². The van der Waals surface area contributed by atoms with Gasteiger partial charge in [-0.25, -0.2) is 4.98 Å². The van der Waals surface area contributed by atoms with Crippen LogP contribution in [0.3, 0.4) is 0 Å². The lowest BCUT2D eigenvalue weighted by Crippen LogP contribution is -2.04. The van der Waals surface area contributed by atoms with Crippen LogP contribution in [0.15, 0.2) is 36.4 Å². The number of imidazole rings is 1. The second-order valence-electron chi connectivity index (χ2n) is 5.58. The molecule has 0 atom stereocenters. The number of hydrogen-bond acceptors (Lipinski definition) is 1. The van der Waals surface area contributed by atoms with E-state index in [2.05, 4.69) is 61.7 Å². The molecule has 0 unspecified atom stereocenters. The summed E-state index contributed by atoms with van der Waals surface area (Å²) >= 11 is 5.97. The number of hydrogen-bond donors (Lipinski definition) is 0. The van der Waals surface area contributed by atoms with Gasteiger partial charge in [-0.2, -0.15) is 0 Å². The molecule has 1 aromatic heterocycles. The van der Waals surface area contributed by atoms with E-state index in [-0.39, 0.29) is 0 Å². The maximum absolute atomic E-state index is 5.97. The molecule has 3 aromatic rings. The van der Waals surface area contributed by atoms with Crippen molar-refractivity contribution in [3.63, 3.8) is 0 Å². The molecule has 0 aliphatic carbocycles. The van der Waals surface area contributed by atoms with Crippen LogP contribution < -0.4 is 0 Å². The van der Waals surface area contributed by atoms with E-state index in [1.807, 2.05) is 0 Å². The fourth-order valence-electron chi connectivity index (χ4n) is 2.81. The molecule has 0 N–H and O–H groups in total. The van der Waals surface area contributed by atoms with Gasteiger partial charge in [0.05, 0.1) is 16.7 Å². The quantitative estimate of drug-likeness (QED) is 0.639. The maximum atomic E-state index is 5.97. The summed E-state index contributed by atoms with van der Waals surface area (Å²) in [6.07, 6.45) is 0.766. The SMILES string of the molecule is Cc1ccc(-n2c(CCCl)nc3ccc(C)cc32)c(C)c1. The Morgan fingerprint density at radius 3 is 2.43 bits per heavy atom. The number of nitrogens with zero attached hydrogens (tertiary/aromatic N) is 2. The molecule has 2 nitrogen and oxygen atoms in total. The number of halogens is 1. The minimum Gasteiger partial charge on any atom is -0.296 e. The summed E-state index contributed by atoms with van der Waals surface area (Å²) in [4.78, 5) is 4.76. The average Bonchev–Trinajstić information content (AvgIpc) is 2.77. The van der Waals surface area contributed by atoms with E-state index in [1.54, 1.807) is 0 Å². The molecule has 0 saturated heterocycles. The van der Waals surface area contributed by atoms with Gasteiger partial charge in [0.15, 0.2) is 0 Å². The molecule has 2 aromatic carbocycles.